The van der Waals surface area contributed by atoms with Crippen LogP contribution >= 0.6 is 0 Å². The van der Waals surface area contributed by atoms with Crippen molar-refractivity contribution in [2.24, 2.45) is 0 Å². The second kappa shape index (κ2) is 6.26. The number of benzene rings is 2. The molecule has 1 aliphatic rings. The van der Waals surface area contributed by atoms with E-state index in [-0.39, 0.29) is 16.9 Å². The van der Waals surface area contributed by atoms with Gasteiger partial charge in [0.15, 0.2) is 5.78 Å². The van der Waals surface area contributed by atoms with Gasteiger partial charge in [-0.25, -0.2) is 0 Å². The fourth-order valence-corrected chi connectivity index (χ4v) is 3.21. The van der Waals surface area contributed by atoms with Crippen molar-refractivity contribution in [1.29, 1.82) is 0 Å². The van der Waals surface area contributed by atoms with E-state index in [0.29, 0.717) is 17.7 Å². The molecule has 0 fully saturated rings. The lowest BCUT2D eigenvalue weighted by Gasteiger charge is -2.16. The average molecular weight is 400 g/mol. The van der Waals surface area contributed by atoms with Crippen LogP contribution in [0.3, 0.4) is 0 Å². The van der Waals surface area contributed by atoms with Crippen LogP contribution in [0.2, 0.25) is 0 Å². The maximum Gasteiger partial charge on any atom is 0.534 e. The van der Waals surface area contributed by atoms with E-state index in [1.54, 1.807) is 18.2 Å². The minimum absolute atomic E-state index is 0.185. The summed E-state index contributed by atoms with van der Waals surface area (Å²) in [6.45, 7) is 3.87. The van der Waals surface area contributed by atoms with Gasteiger partial charge in [0.05, 0.1) is 0 Å². The number of rotatable bonds is 4. The van der Waals surface area contributed by atoms with Gasteiger partial charge in [0.25, 0.3) is 0 Å². The molecule has 9 heteroatoms. The number of hydrogen-bond donors (Lipinski definition) is 0. The van der Waals surface area contributed by atoms with Crippen molar-refractivity contribution in [1.82, 2.24) is 0 Å². The molecule has 1 heterocycles. The van der Waals surface area contributed by atoms with E-state index in [2.05, 4.69) is 4.18 Å². The van der Waals surface area contributed by atoms with E-state index in [4.69, 9.17) is 4.74 Å². The van der Waals surface area contributed by atoms with Crippen LogP contribution in [-0.4, -0.2) is 25.3 Å². The number of ether oxygens (including phenoxy) is 1. The number of halogens is 3. The molecular formula is C18H15F3O5S. The Morgan fingerprint density at radius 2 is 1.67 bits per heavy atom. The molecule has 0 saturated carbocycles. The number of carbonyl (C=O) groups excluding carboxylic acids is 1. The van der Waals surface area contributed by atoms with E-state index >= 15 is 0 Å². The van der Waals surface area contributed by atoms with Crippen molar-refractivity contribution in [3.05, 3.63) is 59.2 Å². The summed E-state index contributed by atoms with van der Waals surface area (Å²) in [4.78, 5) is 12.6. The van der Waals surface area contributed by atoms with Gasteiger partial charge < -0.3 is 8.92 Å². The summed E-state index contributed by atoms with van der Waals surface area (Å²) in [6, 6.07) is 9.41. The maximum atomic E-state index is 12.6. The van der Waals surface area contributed by atoms with Crippen LogP contribution in [-0.2, 0) is 16.5 Å². The molecule has 0 saturated heterocycles. The Hall–Kier alpha value is -2.55. The second-order valence-corrected chi connectivity index (χ2v) is 8.24. The molecule has 0 aromatic heterocycles. The van der Waals surface area contributed by atoms with Gasteiger partial charge in [-0.1, -0.05) is 0 Å². The van der Waals surface area contributed by atoms with E-state index in [1.165, 1.54) is 12.1 Å². The number of alkyl halides is 3. The van der Waals surface area contributed by atoms with E-state index in [9.17, 15) is 26.4 Å². The fraction of sp³-hybridized carbons (Fsp3) is 0.278. The van der Waals surface area contributed by atoms with Gasteiger partial charge in [-0.15, -0.1) is 0 Å². The van der Waals surface area contributed by atoms with E-state index in [1.807, 2.05) is 13.8 Å². The predicted octanol–water partition coefficient (Wildman–Crippen LogP) is 3.86. The summed E-state index contributed by atoms with van der Waals surface area (Å²) >= 11 is 0. The molecule has 0 amide bonds. The first kappa shape index (κ1) is 19.2. The zero-order chi connectivity index (χ0) is 20.0. The highest BCUT2D eigenvalue weighted by Gasteiger charge is 2.48. The first-order valence-electron chi connectivity index (χ1n) is 7.85. The summed E-state index contributed by atoms with van der Waals surface area (Å²) < 4.78 is 68.8. The van der Waals surface area contributed by atoms with E-state index < -0.39 is 21.4 Å². The number of carbonyl (C=O) groups is 1. The fourth-order valence-electron chi connectivity index (χ4n) is 2.75. The quantitative estimate of drug-likeness (QED) is 0.443. The standard InChI is InChI=1S/C18H15F3O5S/c1-17(2)10-13-9-12(5-8-15(13)25-17)16(22)11-3-6-14(7-4-11)26-27(23,24)18(19,20)21/h3-9H,10H2,1-2H3. The molecule has 0 N–H and O–H groups in total. The zero-order valence-corrected chi connectivity index (χ0v) is 15.1. The Labute approximate surface area is 153 Å². The molecule has 27 heavy (non-hydrogen) atoms. The zero-order valence-electron chi connectivity index (χ0n) is 14.3. The predicted molar refractivity (Wildman–Crippen MR) is 90.3 cm³/mol. The van der Waals surface area contributed by atoms with Crippen LogP contribution in [0.4, 0.5) is 13.2 Å². The topological polar surface area (TPSA) is 69.7 Å². The van der Waals surface area contributed by atoms with Crippen LogP contribution in [0.25, 0.3) is 0 Å². The molecule has 3 rings (SSSR count). The van der Waals surface area contributed by atoms with Crippen molar-refractivity contribution in [2.75, 3.05) is 0 Å². The first-order valence-corrected chi connectivity index (χ1v) is 9.26. The van der Waals surface area contributed by atoms with Gasteiger partial charge in [0, 0.05) is 17.5 Å². The summed E-state index contributed by atoms with van der Waals surface area (Å²) in [5.74, 6) is -0.182. The third-order valence-electron chi connectivity index (χ3n) is 3.93. The van der Waals surface area contributed by atoms with Gasteiger partial charge in [0.1, 0.15) is 17.1 Å². The largest absolute Gasteiger partial charge is 0.534 e. The van der Waals surface area contributed by atoms with Crippen molar-refractivity contribution in [3.63, 3.8) is 0 Å². The van der Waals surface area contributed by atoms with Gasteiger partial charge in [-0.05, 0) is 61.9 Å². The lowest BCUT2D eigenvalue weighted by Crippen LogP contribution is -2.28. The van der Waals surface area contributed by atoms with Crippen molar-refractivity contribution in [3.8, 4) is 11.5 Å². The van der Waals surface area contributed by atoms with Crippen molar-refractivity contribution < 1.29 is 35.3 Å². The molecule has 0 spiro atoms. The Morgan fingerprint density at radius 1 is 1.07 bits per heavy atom. The third kappa shape index (κ3) is 3.92. The molecule has 2 aromatic rings. The number of hydrogen-bond acceptors (Lipinski definition) is 5. The summed E-state index contributed by atoms with van der Waals surface area (Å²) in [6.07, 6.45) is 0.644. The van der Waals surface area contributed by atoms with Gasteiger partial charge in [0.2, 0.25) is 0 Å². The highest BCUT2D eigenvalue weighted by atomic mass is 32.2. The molecule has 0 atom stereocenters. The SMILES string of the molecule is CC1(C)Cc2cc(C(=O)c3ccc(OS(=O)(=O)C(F)(F)F)cc3)ccc2O1. The van der Waals surface area contributed by atoms with Crippen LogP contribution in [0.1, 0.15) is 35.3 Å². The molecule has 2 aromatic carbocycles. The Morgan fingerprint density at radius 3 is 2.26 bits per heavy atom. The summed E-state index contributed by atoms with van der Waals surface area (Å²) in [5.41, 5.74) is -4.41. The maximum absolute atomic E-state index is 12.6. The van der Waals surface area contributed by atoms with E-state index in [0.717, 1.165) is 17.7 Å². The first-order chi connectivity index (χ1) is 12.4. The minimum Gasteiger partial charge on any atom is -0.487 e. The third-order valence-corrected chi connectivity index (χ3v) is 4.91. The molecule has 0 radical (unpaired) electrons. The molecule has 1 aliphatic heterocycles. The van der Waals surface area contributed by atoms with Crippen molar-refractivity contribution >= 4 is 15.9 Å². The molecular weight excluding hydrogens is 385 g/mol. The number of ketones is 1. The molecule has 0 aliphatic carbocycles. The smallest absolute Gasteiger partial charge is 0.487 e. The van der Waals surface area contributed by atoms with Crippen LogP contribution in [0.5, 0.6) is 11.5 Å². The Kier molecular flexibility index (Phi) is 4.46. The van der Waals surface area contributed by atoms with Gasteiger partial charge >= 0.3 is 15.6 Å². The molecule has 5 nitrogen and oxygen atoms in total. The van der Waals surface area contributed by atoms with Gasteiger partial charge in [-0.2, -0.15) is 21.6 Å². The Balaban J connectivity index is 1.80. The average Bonchev–Trinajstić information content (AvgIpc) is 2.86. The highest BCUT2D eigenvalue weighted by molar-refractivity contribution is 7.88. The summed E-state index contributed by atoms with van der Waals surface area (Å²) in [7, 11) is -5.75. The van der Waals surface area contributed by atoms with Crippen LogP contribution in [0, 0.1) is 0 Å². The highest BCUT2D eigenvalue weighted by Crippen LogP contribution is 2.35. The lowest BCUT2D eigenvalue weighted by molar-refractivity contribution is -0.0500. The molecule has 0 bridgehead atoms. The number of fused-ring (bicyclic) bond motifs is 1. The summed E-state index contributed by atoms with van der Waals surface area (Å²) in [5, 5.41) is 0. The normalized spacial score (nSPS) is 15.7. The molecule has 0 unspecified atom stereocenters. The minimum atomic E-state index is -5.75. The monoisotopic (exact) mass is 400 g/mol. The lowest BCUT2D eigenvalue weighted by atomic mass is 9.97. The Bertz CT molecular complexity index is 993. The second-order valence-electron chi connectivity index (χ2n) is 6.70. The van der Waals surface area contributed by atoms with Crippen LogP contribution in [0.15, 0.2) is 42.5 Å². The molecule has 144 valence electrons. The van der Waals surface area contributed by atoms with Crippen molar-refractivity contribution in [2.45, 2.75) is 31.4 Å². The van der Waals surface area contributed by atoms with Gasteiger partial charge in [-0.3, -0.25) is 4.79 Å². The van der Waals surface area contributed by atoms with Crippen LogP contribution < -0.4 is 8.92 Å².